The molecule has 3 heteroatoms. The van der Waals surface area contributed by atoms with E-state index < -0.39 is 0 Å². The van der Waals surface area contributed by atoms with Gasteiger partial charge in [0.25, 0.3) is 0 Å². The number of ether oxygens (including phenoxy) is 1. The second kappa shape index (κ2) is 6.62. The van der Waals surface area contributed by atoms with Gasteiger partial charge >= 0.3 is 0 Å². The maximum absolute atomic E-state index is 5.58. The highest BCUT2D eigenvalue weighted by atomic mass is 16.5. The molecule has 0 radical (unpaired) electrons. The van der Waals surface area contributed by atoms with Crippen LogP contribution in [0.5, 0.6) is 5.75 Å². The number of methoxy groups -OCH3 is 1. The van der Waals surface area contributed by atoms with Crippen LogP contribution in [0.3, 0.4) is 0 Å². The molecule has 0 spiro atoms. The number of hydrogen-bond acceptors (Lipinski definition) is 3. The smallest absolute Gasteiger partial charge is 0.119 e. The lowest BCUT2D eigenvalue weighted by Gasteiger charge is -2.21. The van der Waals surface area contributed by atoms with E-state index in [0.29, 0.717) is 0 Å². The van der Waals surface area contributed by atoms with Crippen molar-refractivity contribution in [3.8, 4) is 5.75 Å². The number of nitrogens with one attached hydrogen (secondary N) is 1. The van der Waals surface area contributed by atoms with Gasteiger partial charge in [0.05, 0.1) is 19.4 Å². The van der Waals surface area contributed by atoms with E-state index in [1.54, 1.807) is 13.4 Å². The fourth-order valence-electron chi connectivity index (χ4n) is 2.59. The molecule has 1 aromatic carbocycles. The molecule has 0 aliphatic rings. The second-order valence-electron chi connectivity index (χ2n) is 4.87. The lowest BCUT2D eigenvalue weighted by molar-refractivity contribution is 0.414. The van der Waals surface area contributed by atoms with Crippen molar-refractivity contribution in [2.45, 2.75) is 33.2 Å². The van der Waals surface area contributed by atoms with Crippen LogP contribution in [0, 0.1) is 6.92 Å². The highest BCUT2D eigenvalue weighted by molar-refractivity contribution is 5.42. The van der Waals surface area contributed by atoms with E-state index in [-0.39, 0.29) is 6.04 Å². The molecule has 0 aliphatic carbocycles. The molecule has 1 unspecified atom stereocenters. The average Bonchev–Trinajstić information content (AvgIpc) is 2.93. The first kappa shape index (κ1) is 14.7. The summed E-state index contributed by atoms with van der Waals surface area (Å²) in [5, 5.41) is 3.55. The van der Waals surface area contributed by atoms with Gasteiger partial charge in [-0.3, -0.25) is 0 Å². The molecule has 0 aliphatic heterocycles. The Balaban J connectivity index is 2.43. The first-order chi connectivity index (χ1) is 9.71. The van der Waals surface area contributed by atoms with Crippen molar-refractivity contribution in [1.82, 2.24) is 5.32 Å². The molecule has 2 aromatic rings. The molecule has 0 saturated carbocycles. The molecule has 0 fully saturated rings. The molecule has 20 heavy (non-hydrogen) atoms. The van der Waals surface area contributed by atoms with Gasteiger partial charge in [0.1, 0.15) is 11.5 Å². The first-order valence-corrected chi connectivity index (χ1v) is 7.15. The fourth-order valence-corrected chi connectivity index (χ4v) is 2.59. The Kier molecular flexibility index (Phi) is 4.85. The fraction of sp³-hybridized carbons (Fsp3) is 0.412. The van der Waals surface area contributed by atoms with Crippen LogP contribution in [0.25, 0.3) is 0 Å². The Morgan fingerprint density at radius 3 is 2.60 bits per heavy atom. The Labute approximate surface area is 121 Å². The maximum Gasteiger partial charge on any atom is 0.119 e. The summed E-state index contributed by atoms with van der Waals surface area (Å²) in [7, 11) is 1.70. The predicted octanol–water partition coefficient (Wildman–Crippen LogP) is 3.86. The van der Waals surface area contributed by atoms with Gasteiger partial charge in [-0.1, -0.05) is 19.9 Å². The second-order valence-corrected chi connectivity index (χ2v) is 4.87. The van der Waals surface area contributed by atoms with Crippen molar-refractivity contribution >= 4 is 0 Å². The molecular weight excluding hydrogens is 250 g/mol. The van der Waals surface area contributed by atoms with E-state index in [2.05, 4.69) is 44.3 Å². The molecule has 3 nitrogen and oxygen atoms in total. The molecule has 0 bridgehead atoms. The standard InChI is InChI=1S/C17H23NO2/c1-5-16-15(9-10-20-16)17(18-6-2)14-8-7-13(19-4)11-12(14)3/h7-11,17-18H,5-6H2,1-4H3. The van der Waals surface area contributed by atoms with Crippen molar-refractivity contribution in [3.05, 3.63) is 53.0 Å². The molecule has 1 N–H and O–H groups in total. The van der Waals surface area contributed by atoms with Crippen molar-refractivity contribution in [2.24, 2.45) is 0 Å². The number of rotatable bonds is 6. The normalized spacial score (nSPS) is 12.4. The van der Waals surface area contributed by atoms with Crippen LogP contribution in [0.1, 0.15) is 42.3 Å². The molecule has 1 aromatic heterocycles. The van der Waals surface area contributed by atoms with Gasteiger partial charge in [0.15, 0.2) is 0 Å². The molecule has 108 valence electrons. The summed E-state index contributed by atoms with van der Waals surface area (Å²) in [4.78, 5) is 0. The molecule has 0 saturated heterocycles. The Bertz CT molecular complexity index is 560. The van der Waals surface area contributed by atoms with Crippen LogP contribution < -0.4 is 10.1 Å². The van der Waals surface area contributed by atoms with Crippen LogP contribution in [-0.2, 0) is 6.42 Å². The first-order valence-electron chi connectivity index (χ1n) is 7.15. The van der Waals surface area contributed by atoms with E-state index in [1.807, 2.05) is 6.07 Å². The van der Waals surface area contributed by atoms with Gasteiger partial charge in [-0.25, -0.2) is 0 Å². The molecule has 2 rings (SSSR count). The predicted molar refractivity (Wildman–Crippen MR) is 81.3 cm³/mol. The molecule has 1 atom stereocenters. The van der Waals surface area contributed by atoms with Gasteiger partial charge in [-0.15, -0.1) is 0 Å². The van der Waals surface area contributed by atoms with E-state index in [0.717, 1.165) is 24.5 Å². The van der Waals surface area contributed by atoms with Gasteiger partial charge in [0.2, 0.25) is 0 Å². The van der Waals surface area contributed by atoms with Crippen LogP contribution >= 0.6 is 0 Å². The Morgan fingerprint density at radius 2 is 2.00 bits per heavy atom. The number of benzene rings is 1. The summed E-state index contributed by atoms with van der Waals surface area (Å²) in [6.07, 6.45) is 2.68. The minimum absolute atomic E-state index is 0.166. The summed E-state index contributed by atoms with van der Waals surface area (Å²) in [6.45, 7) is 7.27. The summed E-state index contributed by atoms with van der Waals surface area (Å²) in [6, 6.07) is 8.45. The third kappa shape index (κ3) is 2.88. The Hall–Kier alpha value is -1.74. The largest absolute Gasteiger partial charge is 0.497 e. The summed E-state index contributed by atoms with van der Waals surface area (Å²) >= 11 is 0. The van der Waals surface area contributed by atoms with Crippen molar-refractivity contribution < 1.29 is 9.15 Å². The quantitative estimate of drug-likeness (QED) is 0.868. The Morgan fingerprint density at radius 1 is 1.20 bits per heavy atom. The molecule has 1 heterocycles. The van der Waals surface area contributed by atoms with Crippen LogP contribution in [0.2, 0.25) is 0 Å². The maximum atomic E-state index is 5.58. The van der Waals surface area contributed by atoms with E-state index in [9.17, 15) is 0 Å². The van der Waals surface area contributed by atoms with Crippen molar-refractivity contribution in [2.75, 3.05) is 13.7 Å². The summed E-state index contributed by atoms with van der Waals surface area (Å²) < 4.78 is 10.9. The van der Waals surface area contributed by atoms with E-state index in [4.69, 9.17) is 9.15 Å². The van der Waals surface area contributed by atoms with Gasteiger partial charge in [-0.05, 0) is 42.8 Å². The van der Waals surface area contributed by atoms with Crippen LogP contribution in [0.15, 0.2) is 34.9 Å². The van der Waals surface area contributed by atoms with Gasteiger partial charge < -0.3 is 14.5 Å². The minimum atomic E-state index is 0.166. The van der Waals surface area contributed by atoms with E-state index >= 15 is 0 Å². The zero-order valence-electron chi connectivity index (χ0n) is 12.7. The lowest BCUT2D eigenvalue weighted by Crippen LogP contribution is -2.23. The summed E-state index contributed by atoms with van der Waals surface area (Å²) in [5.74, 6) is 1.94. The van der Waals surface area contributed by atoms with Gasteiger partial charge in [0, 0.05) is 12.0 Å². The van der Waals surface area contributed by atoms with Gasteiger partial charge in [-0.2, -0.15) is 0 Å². The van der Waals surface area contributed by atoms with Crippen molar-refractivity contribution in [3.63, 3.8) is 0 Å². The molecular formula is C17H23NO2. The zero-order chi connectivity index (χ0) is 14.5. The van der Waals surface area contributed by atoms with Crippen molar-refractivity contribution in [1.29, 1.82) is 0 Å². The minimum Gasteiger partial charge on any atom is -0.497 e. The lowest BCUT2D eigenvalue weighted by atomic mass is 9.94. The molecule has 0 amide bonds. The average molecular weight is 273 g/mol. The highest BCUT2D eigenvalue weighted by Gasteiger charge is 2.20. The number of aryl methyl sites for hydroxylation is 2. The third-order valence-electron chi connectivity index (χ3n) is 3.61. The van der Waals surface area contributed by atoms with Crippen LogP contribution in [0.4, 0.5) is 0 Å². The SMILES string of the molecule is CCNC(c1ccc(OC)cc1C)c1ccoc1CC. The third-order valence-corrected chi connectivity index (χ3v) is 3.61. The zero-order valence-corrected chi connectivity index (χ0v) is 12.7. The highest BCUT2D eigenvalue weighted by Crippen LogP contribution is 2.30. The summed E-state index contributed by atoms with van der Waals surface area (Å²) in [5.41, 5.74) is 3.71. The topological polar surface area (TPSA) is 34.4 Å². The van der Waals surface area contributed by atoms with E-state index in [1.165, 1.54) is 16.7 Å². The monoisotopic (exact) mass is 273 g/mol. The van der Waals surface area contributed by atoms with Crippen LogP contribution in [-0.4, -0.2) is 13.7 Å². The number of furan rings is 1. The number of hydrogen-bond donors (Lipinski definition) is 1.